The van der Waals surface area contributed by atoms with Crippen LogP contribution in [0, 0.1) is 23.2 Å². The number of ether oxygens (including phenoxy) is 4. The topological polar surface area (TPSA) is 132 Å². The quantitative estimate of drug-likeness (QED) is 0.159. The van der Waals surface area contributed by atoms with Crippen LogP contribution in [0.4, 0.5) is 0 Å². The van der Waals surface area contributed by atoms with E-state index < -0.39 is 41.8 Å². The zero-order valence-electron chi connectivity index (χ0n) is 31.5. The highest BCUT2D eigenvalue weighted by atomic mass is 16.6. The van der Waals surface area contributed by atoms with Crippen LogP contribution in [0.2, 0.25) is 0 Å². The second-order valence-corrected chi connectivity index (χ2v) is 15.2. The van der Waals surface area contributed by atoms with Crippen molar-refractivity contribution in [3.05, 3.63) is 84.6 Å². The van der Waals surface area contributed by atoms with Crippen molar-refractivity contribution in [2.75, 3.05) is 13.2 Å². The van der Waals surface area contributed by atoms with E-state index >= 15 is 0 Å². The number of allylic oxidation sites excluding steroid dienone is 6. The number of esters is 2. The molecule has 10 atom stereocenters. The van der Waals surface area contributed by atoms with Crippen molar-refractivity contribution in [3.8, 4) is 0 Å². The average molecular weight is 711 g/mol. The van der Waals surface area contributed by atoms with E-state index in [4.69, 9.17) is 18.9 Å². The molecule has 284 valence electrons. The second-order valence-electron chi connectivity index (χ2n) is 15.2. The summed E-state index contributed by atoms with van der Waals surface area (Å²) in [5, 5.41) is 31.1. The van der Waals surface area contributed by atoms with Gasteiger partial charge in [0.25, 0.3) is 0 Å². The number of rotatable bonds is 11. The first-order valence-corrected chi connectivity index (χ1v) is 18.6. The molecule has 3 N–H and O–H groups in total. The van der Waals surface area contributed by atoms with E-state index in [0.29, 0.717) is 43.1 Å². The van der Waals surface area contributed by atoms with Gasteiger partial charge in [-0.2, -0.15) is 0 Å². The summed E-state index contributed by atoms with van der Waals surface area (Å²) in [4.78, 5) is 25.4. The summed E-state index contributed by atoms with van der Waals surface area (Å²) < 4.78 is 24.1. The van der Waals surface area contributed by atoms with E-state index in [2.05, 4.69) is 45.6 Å². The van der Waals surface area contributed by atoms with Gasteiger partial charge in [-0.3, -0.25) is 0 Å². The first-order valence-electron chi connectivity index (χ1n) is 18.6. The molecule has 3 aliphatic heterocycles. The largest absolute Gasteiger partial charge is 0.459 e. The Labute approximate surface area is 305 Å². The van der Waals surface area contributed by atoms with Crippen molar-refractivity contribution in [1.29, 1.82) is 0 Å². The average Bonchev–Trinajstić information content (AvgIpc) is 3.07. The van der Waals surface area contributed by atoms with Crippen LogP contribution in [0.5, 0.6) is 0 Å². The predicted molar refractivity (Wildman–Crippen MR) is 199 cm³/mol. The number of carbonyl (C=O) groups excluding carboxylic acids is 2. The molecule has 9 nitrogen and oxygen atoms in total. The second kappa shape index (κ2) is 20.8. The molecule has 51 heavy (non-hydrogen) atoms. The number of aliphatic hydroxyl groups excluding tert-OH is 3. The summed E-state index contributed by atoms with van der Waals surface area (Å²) in [5.41, 5.74) is 0.620. The Bertz CT molecular complexity index is 1320. The molecule has 0 aliphatic carbocycles. The summed E-state index contributed by atoms with van der Waals surface area (Å²) in [6.45, 7) is 15.8. The van der Waals surface area contributed by atoms with E-state index in [9.17, 15) is 24.9 Å². The lowest BCUT2D eigenvalue weighted by Crippen LogP contribution is -2.55. The van der Waals surface area contributed by atoms with Crippen LogP contribution in [0.3, 0.4) is 0 Å². The van der Waals surface area contributed by atoms with E-state index in [1.807, 2.05) is 45.1 Å². The predicted octanol–water partition coefficient (Wildman–Crippen LogP) is 6.65. The fourth-order valence-corrected chi connectivity index (χ4v) is 6.65. The summed E-state index contributed by atoms with van der Waals surface area (Å²) in [6, 6.07) is 0. The van der Waals surface area contributed by atoms with Crippen LogP contribution >= 0.6 is 0 Å². The van der Waals surface area contributed by atoms with Crippen molar-refractivity contribution in [2.45, 2.75) is 129 Å². The third-order valence-electron chi connectivity index (χ3n) is 10.3. The normalized spacial score (nSPS) is 35.5. The summed E-state index contributed by atoms with van der Waals surface area (Å²) >= 11 is 0. The Morgan fingerprint density at radius 1 is 1.08 bits per heavy atom. The van der Waals surface area contributed by atoms with Gasteiger partial charge in [0, 0.05) is 18.9 Å². The number of hydrogen-bond acceptors (Lipinski definition) is 9. The van der Waals surface area contributed by atoms with Crippen molar-refractivity contribution in [2.24, 2.45) is 23.2 Å². The molecule has 2 fully saturated rings. The van der Waals surface area contributed by atoms with Crippen LogP contribution < -0.4 is 0 Å². The number of fused-ring (bicyclic) bond motifs is 4. The van der Waals surface area contributed by atoms with Crippen LogP contribution in [-0.2, 0) is 28.5 Å². The van der Waals surface area contributed by atoms with Gasteiger partial charge in [0.05, 0.1) is 42.5 Å². The Kier molecular flexibility index (Phi) is 17.3. The maximum Gasteiger partial charge on any atom is 0.335 e. The highest BCUT2D eigenvalue weighted by Gasteiger charge is 2.49. The molecule has 2 saturated heterocycles. The van der Waals surface area contributed by atoms with Gasteiger partial charge in [-0.05, 0) is 62.4 Å². The Hall–Kier alpha value is -3.08. The van der Waals surface area contributed by atoms with Gasteiger partial charge >= 0.3 is 11.9 Å². The number of hydrogen-bond donors (Lipinski definition) is 3. The molecule has 4 bridgehead atoms. The van der Waals surface area contributed by atoms with Crippen LogP contribution in [0.15, 0.2) is 84.6 Å². The minimum Gasteiger partial charge on any atom is -0.459 e. The lowest BCUT2D eigenvalue weighted by atomic mass is 9.73. The molecular weight excluding hydrogens is 648 g/mol. The SMILES string of the molecule is C=C(COC(=O)[C@@H](O)C/C=C\C[C@@H]1O[C@@H]2/C=C/C/C=C/C(C)=C\[C@H]3O[C@@H](C/C=C/C=C/C(=O)O[C@H](C2)[C@@]1(C)CO)C[C@H](C)[C@H]3C)C(O)CC(C)C. The van der Waals surface area contributed by atoms with Crippen molar-refractivity contribution >= 4 is 11.9 Å². The van der Waals surface area contributed by atoms with Crippen LogP contribution in [-0.4, -0.2) is 83.2 Å². The van der Waals surface area contributed by atoms with Gasteiger partial charge in [-0.25, -0.2) is 9.59 Å². The number of carbonyl (C=O) groups is 2. The van der Waals surface area contributed by atoms with Gasteiger partial charge < -0.3 is 34.3 Å². The molecule has 0 aromatic heterocycles. The van der Waals surface area contributed by atoms with Gasteiger partial charge in [0.1, 0.15) is 12.7 Å². The fourth-order valence-electron chi connectivity index (χ4n) is 6.65. The van der Waals surface area contributed by atoms with E-state index in [-0.39, 0.29) is 43.9 Å². The minimum atomic E-state index is -1.39. The zero-order chi connectivity index (χ0) is 37.6. The summed E-state index contributed by atoms with van der Waals surface area (Å²) in [6.07, 6.45) is 20.9. The molecule has 0 aromatic rings. The van der Waals surface area contributed by atoms with Crippen molar-refractivity contribution < 1.29 is 43.9 Å². The molecule has 3 aliphatic rings. The van der Waals surface area contributed by atoms with Gasteiger partial charge in [0.2, 0.25) is 0 Å². The van der Waals surface area contributed by atoms with Crippen LogP contribution in [0.1, 0.15) is 86.5 Å². The van der Waals surface area contributed by atoms with E-state index in [0.717, 1.165) is 18.4 Å². The molecule has 9 heteroatoms. The van der Waals surface area contributed by atoms with E-state index in [1.54, 1.807) is 18.2 Å². The van der Waals surface area contributed by atoms with Crippen molar-refractivity contribution in [3.63, 3.8) is 0 Å². The number of aliphatic hydroxyl groups is 3. The smallest absolute Gasteiger partial charge is 0.335 e. The molecule has 0 saturated carbocycles. The van der Waals surface area contributed by atoms with Gasteiger partial charge in [-0.15, -0.1) is 0 Å². The fraction of sp³-hybridized carbons (Fsp3) is 0.619. The van der Waals surface area contributed by atoms with Crippen molar-refractivity contribution in [1.82, 2.24) is 0 Å². The minimum absolute atomic E-state index is 0.00816. The molecule has 0 amide bonds. The van der Waals surface area contributed by atoms with Gasteiger partial charge in [-0.1, -0.05) is 108 Å². The van der Waals surface area contributed by atoms with E-state index in [1.165, 1.54) is 6.08 Å². The Morgan fingerprint density at radius 2 is 1.84 bits per heavy atom. The molecular formula is C42H62O9. The molecule has 3 rings (SSSR count). The highest BCUT2D eigenvalue weighted by molar-refractivity contribution is 5.82. The molecule has 0 spiro atoms. The first-order chi connectivity index (χ1) is 24.2. The lowest BCUT2D eigenvalue weighted by molar-refractivity contribution is -0.198. The maximum atomic E-state index is 13.0. The highest BCUT2D eigenvalue weighted by Crippen LogP contribution is 2.41. The Morgan fingerprint density at radius 3 is 2.57 bits per heavy atom. The maximum absolute atomic E-state index is 13.0. The Balaban J connectivity index is 1.71. The first kappa shape index (κ1) is 42.3. The van der Waals surface area contributed by atoms with Gasteiger partial charge in [0.15, 0.2) is 6.10 Å². The molecule has 0 aromatic carbocycles. The standard InChI is InChI=1S/C42H62O9/c1-28(2)22-36(45)31(5)26-48-41(47)35(44)19-14-15-20-38-42(7,27-43)39-25-34(50-38)18-11-8-10-16-29(3)23-37-32(6)30(4)24-33(49-37)17-12-9-13-21-40(46)51-39/h9-16,18,21,23,28,30,32-39,43-45H,5,8,17,19-20,22,24-27H2,1-4,6-7H3/b12-9+,15-14-,16-10+,18-11+,21-13+,29-23-/t30-,32+,33-,34+,35-,36?,37+,38-,39+,42-/m0/s1. The molecule has 3 heterocycles. The van der Waals surface area contributed by atoms with Crippen LogP contribution in [0.25, 0.3) is 0 Å². The lowest BCUT2D eigenvalue weighted by Gasteiger charge is -2.47. The summed E-state index contributed by atoms with van der Waals surface area (Å²) in [7, 11) is 0. The summed E-state index contributed by atoms with van der Waals surface area (Å²) in [5.74, 6) is -0.100. The zero-order valence-corrected chi connectivity index (χ0v) is 31.5. The molecule has 1 unspecified atom stereocenters. The monoisotopic (exact) mass is 710 g/mol. The third-order valence-corrected chi connectivity index (χ3v) is 10.3. The molecule has 0 radical (unpaired) electrons. The third kappa shape index (κ3) is 13.4.